The van der Waals surface area contributed by atoms with Gasteiger partial charge in [0, 0.05) is 17.1 Å². The highest BCUT2D eigenvalue weighted by atomic mass is 79.9. The van der Waals surface area contributed by atoms with Crippen molar-refractivity contribution in [3.63, 3.8) is 0 Å². The third kappa shape index (κ3) is 1.88. The van der Waals surface area contributed by atoms with Gasteiger partial charge in [-0.2, -0.15) is 0 Å². The van der Waals surface area contributed by atoms with Gasteiger partial charge < -0.3 is 0 Å². The van der Waals surface area contributed by atoms with Gasteiger partial charge in [0.2, 0.25) is 0 Å². The smallest absolute Gasteiger partial charge is 0.139 e. The van der Waals surface area contributed by atoms with E-state index in [1.54, 1.807) is 6.07 Å². The van der Waals surface area contributed by atoms with E-state index in [4.69, 9.17) is 0 Å². The molecule has 1 nitrogen and oxygen atoms in total. The molecule has 1 heterocycles. The van der Waals surface area contributed by atoms with Crippen molar-refractivity contribution in [2.45, 2.75) is 20.3 Å². The Balaban J connectivity index is 2.84. The van der Waals surface area contributed by atoms with Crippen LogP contribution < -0.4 is 0 Å². The van der Waals surface area contributed by atoms with Crippen molar-refractivity contribution in [2.75, 3.05) is 0 Å². The van der Waals surface area contributed by atoms with Crippen LogP contribution in [0.1, 0.15) is 18.2 Å². The Morgan fingerprint density at radius 3 is 2.73 bits per heavy atom. The third-order valence-corrected chi connectivity index (χ3v) is 3.05. The summed E-state index contributed by atoms with van der Waals surface area (Å²) in [4.78, 5) is 4.33. The van der Waals surface area contributed by atoms with E-state index in [-0.39, 0.29) is 5.82 Å². The molecule has 0 saturated heterocycles. The third-order valence-electron chi connectivity index (χ3n) is 2.45. The van der Waals surface area contributed by atoms with E-state index >= 15 is 0 Å². The van der Waals surface area contributed by atoms with Crippen LogP contribution in [0.4, 0.5) is 4.39 Å². The number of hydrogen-bond donors (Lipinski definition) is 0. The number of halogens is 2. The second-order valence-corrected chi connectivity index (χ2v) is 4.41. The van der Waals surface area contributed by atoms with E-state index in [0.29, 0.717) is 4.47 Å². The molecule has 1 aromatic heterocycles. The molecular weight excluding hydrogens is 257 g/mol. The van der Waals surface area contributed by atoms with E-state index in [9.17, 15) is 4.39 Å². The highest BCUT2D eigenvalue weighted by Gasteiger charge is 2.07. The minimum atomic E-state index is -0.261. The second-order valence-electron chi connectivity index (χ2n) is 3.56. The van der Waals surface area contributed by atoms with Gasteiger partial charge in [-0.1, -0.05) is 6.92 Å². The molecule has 1 aromatic carbocycles. The van der Waals surface area contributed by atoms with E-state index in [1.165, 1.54) is 11.6 Å². The van der Waals surface area contributed by atoms with Crippen LogP contribution in [0.15, 0.2) is 22.7 Å². The van der Waals surface area contributed by atoms with Crippen LogP contribution in [0.3, 0.4) is 0 Å². The summed E-state index contributed by atoms with van der Waals surface area (Å²) in [6.07, 6.45) is 0.929. The minimum absolute atomic E-state index is 0.261. The van der Waals surface area contributed by atoms with Gasteiger partial charge in [-0.25, -0.2) is 4.39 Å². The number of hydrogen-bond acceptors (Lipinski definition) is 1. The molecule has 0 amide bonds. The molecule has 0 saturated carbocycles. The van der Waals surface area contributed by atoms with E-state index in [2.05, 4.69) is 27.8 Å². The van der Waals surface area contributed by atoms with Crippen molar-refractivity contribution in [3.8, 4) is 0 Å². The Bertz CT molecular complexity index is 523. The van der Waals surface area contributed by atoms with Crippen LogP contribution >= 0.6 is 15.9 Å². The van der Waals surface area contributed by atoms with Gasteiger partial charge in [-0.3, -0.25) is 4.98 Å². The summed E-state index contributed by atoms with van der Waals surface area (Å²) in [6.45, 7) is 4.02. The van der Waals surface area contributed by atoms with E-state index < -0.39 is 0 Å². The molecule has 3 heteroatoms. The lowest BCUT2D eigenvalue weighted by molar-refractivity contribution is 0.622. The van der Waals surface area contributed by atoms with Crippen LogP contribution in [-0.4, -0.2) is 4.98 Å². The Labute approximate surface area is 96.5 Å². The van der Waals surface area contributed by atoms with Crippen LogP contribution in [0.25, 0.3) is 10.9 Å². The van der Waals surface area contributed by atoms with Crippen molar-refractivity contribution >= 4 is 26.8 Å². The number of rotatable bonds is 1. The fourth-order valence-corrected chi connectivity index (χ4v) is 2.07. The van der Waals surface area contributed by atoms with Crippen LogP contribution in [0, 0.1) is 12.7 Å². The molecule has 0 unspecified atom stereocenters. The molecular formula is C12H11BrFN. The first-order valence-electron chi connectivity index (χ1n) is 4.87. The molecule has 0 N–H and O–H groups in total. The number of fused-ring (bicyclic) bond motifs is 1. The van der Waals surface area contributed by atoms with Crippen molar-refractivity contribution in [3.05, 3.63) is 39.7 Å². The second kappa shape index (κ2) is 3.89. The summed E-state index contributed by atoms with van der Waals surface area (Å²) in [5.74, 6) is -0.261. The van der Waals surface area contributed by atoms with Crippen LogP contribution in [0.2, 0.25) is 0 Å². The predicted octanol–water partition coefficient (Wildman–Crippen LogP) is 4.01. The summed E-state index contributed by atoms with van der Waals surface area (Å²) < 4.78 is 13.8. The molecule has 0 radical (unpaired) electrons. The molecule has 2 rings (SSSR count). The maximum absolute atomic E-state index is 13.3. The van der Waals surface area contributed by atoms with E-state index in [1.807, 2.05) is 13.0 Å². The SMILES string of the molecule is CCc1cc(C)nc2cc(F)c(Br)cc12. The lowest BCUT2D eigenvalue weighted by Gasteiger charge is -2.06. The highest BCUT2D eigenvalue weighted by Crippen LogP contribution is 2.25. The Morgan fingerprint density at radius 2 is 2.07 bits per heavy atom. The normalized spacial score (nSPS) is 10.9. The fraction of sp³-hybridized carbons (Fsp3) is 0.250. The summed E-state index contributed by atoms with van der Waals surface area (Å²) in [5, 5.41) is 1.02. The zero-order valence-electron chi connectivity index (χ0n) is 8.64. The first kappa shape index (κ1) is 10.6. The van der Waals surface area contributed by atoms with Gasteiger partial charge in [0.15, 0.2) is 0 Å². The zero-order chi connectivity index (χ0) is 11.0. The monoisotopic (exact) mass is 267 g/mol. The molecule has 0 aliphatic heterocycles. The van der Waals surface area contributed by atoms with Gasteiger partial charge in [0.05, 0.1) is 9.99 Å². The summed E-state index contributed by atoms with van der Waals surface area (Å²) in [7, 11) is 0. The highest BCUT2D eigenvalue weighted by molar-refractivity contribution is 9.10. The summed E-state index contributed by atoms with van der Waals surface area (Å²) >= 11 is 3.20. The molecule has 0 bridgehead atoms. The number of aryl methyl sites for hydroxylation is 2. The summed E-state index contributed by atoms with van der Waals surface area (Å²) in [5.41, 5.74) is 2.87. The molecule has 0 aliphatic rings. The molecule has 0 atom stereocenters. The maximum atomic E-state index is 13.3. The largest absolute Gasteiger partial charge is 0.253 e. The first-order valence-corrected chi connectivity index (χ1v) is 5.66. The molecule has 15 heavy (non-hydrogen) atoms. The average molecular weight is 268 g/mol. The Morgan fingerprint density at radius 1 is 1.33 bits per heavy atom. The van der Waals surface area contributed by atoms with Gasteiger partial charge in [0.1, 0.15) is 5.82 Å². The van der Waals surface area contributed by atoms with Crippen molar-refractivity contribution in [1.82, 2.24) is 4.98 Å². The minimum Gasteiger partial charge on any atom is -0.253 e. The standard InChI is InChI=1S/C12H11BrFN/c1-3-8-4-7(2)15-12-6-11(14)10(13)5-9(8)12/h4-6H,3H2,1-2H3. The lowest BCUT2D eigenvalue weighted by atomic mass is 10.1. The molecule has 78 valence electrons. The number of benzene rings is 1. The van der Waals surface area contributed by atoms with Gasteiger partial charge in [-0.05, 0) is 47.0 Å². The number of aromatic nitrogens is 1. The summed E-state index contributed by atoms with van der Waals surface area (Å²) in [6, 6.07) is 5.33. The quantitative estimate of drug-likeness (QED) is 0.761. The molecule has 0 aliphatic carbocycles. The van der Waals surface area contributed by atoms with E-state index in [0.717, 1.165) is 23.0 Å². The number of pyridine rings is 1. The molecule has 0 fully saturated rings. The molecule has 2 aromatic rings. The maximum Gasteiger partial charge on any atom is 0.139 e. The lowest BCUT2D eigenvalue weighted by Crippen LogP contribution is -1.92. The van der Waals surface area contributed by atoms with Gasteiger partial charge >= 0.3 is 0 Å². The topological polar surface area (TPSA) is 12.9 Å². The van der Waals surface area contributed by atoms with Crippen LogP contribution in [-0.2, 0) is 6.42 Å². The number of nitrogens with zero attached hydrogens (tertiary/aromatic N) is 1. The zero-order valence-corrected chi connectivity index (χ0v) is 10.2. The predicted molar refractivity (Wildman–Crippen MR) is 63.5 cm³/mol. The van der Waals surface area contributed by atoms with Gasteiger partial charge in [-0.15, -0.1) is 0 Å². The fourth-order valence-electron chi connectivity index (χ4n) is 1.73. The molecule has 0 spiro atoms. The average Bonchev–Trinajstić information content (AvgIpc) is 2.19. The van der Waals surface area contributed by atoms with Crippen LogP contribution in [0.5, 0.6) is 0 Å². The van der Waals surface area contributed by atoms with Crippen molar-refractivity contribution < 1.29 is 4.39 Å². The van der Waals surface area contributed by atoms with Gasteiger partial charge in [0.25, 0.3) is 0 Å². The Kier molecular flexibility index (Phi) is 2.74. The Hall–Kier alpha value is -0.960. The van der Waals surface area contributed by atoms with Crippen molar-refractivity contribution in [1.29, 1.82) is 0 Å². The van der Waals surface area contributed by atoms with Crippen molar-refractivity contribution in [2.24, 2.45) is 0 Å². The first-order chi connectivity index (χ1) is 7.11.